The lowest BCUT2D eigenvalue weighted by atomic mass is 10.4. The van der Waals surface area contributed by atoms with Gasteiger partial charge in [-0.3, -0.25) is 4.79 Å². The predicted molar refractivity (Wildman–Crippen MR) is 32.7 cm³/mol. The van der Waals surface area contributed by atoms with Crippen molar-refractivity contribution in [3.63, 3.8) is 0 Å². The Balaban J connectivity index is 0. The zero-order valence-electron chi connectivity index (χ0n) is 4.61. The van der Waals surface area contributed by atoms with E-state index in [1.807, 2.05) is 0 Å². The smallest absolute Gasteiger partial charge is 0.311 e. The molecule has 0 saturated heterocycles. The van der Waals surface area contributed by atoms with Crippen LogP contribution < -0.4 is 0 Å². The monoisotopic (exact) mass is 156 g/mol. The first kappa shape index (κ1) is 11.6. The molecule has 1 atom stereocenters. The van der Waals surface area contributed by atoms with Crippen molar-refractivity contribution in [1.82, 2.24) is 0 Å². The summed E-state index contributed by atoms with van der Waals surface area (Å²) < 4.78 is 0. The Kier molecular flexibility index (Phi) is 4.80. The standard InChI is InChI=1S/C3H6O5.H3P/c4-2(5)1-3(6,7)8;/h6-8H,1H2,(H,4,5);1H3. The molecule has 5 nitrogen and oxygen atoms in total. The van der Waals surface area contributed by atoms with Crippen LogP contribution in [0.15, 0.2) is 0 Å². The highest BCUT2D eigenvalue weighted by molar-refractivity contribution is 6.92. The molecular formula is C3H9O5P. The molecule has 0 aromatic heterocycles. The summed E-state index contributed by atoms with van der Waals surface area (Å²) in [4.78, 5) is 9.53. The van der Waals surface area contributed by atoms with Crippen LogP contribution in [0.1, 0.15) is 6.42 Å². The van der Waals surface area contributed by atoms with Gasteiger partial charge >= 0.3 is 5.97 Å². The van der Waals surface area contributed by atoms with Crippen LogP contribution in [0.3, 0.4) is 0 Å². The normalized spacial score (nSPS) is 10.1. The summed E-state index contributed by atoms with van der Waals surface area (Å²) in [5.74, 6) is -4.55. The van der Waals surface area contributed by atoms with E-state index < -0.39 is 18.4 Å². The fourth-order valence-corrected chi connectivity index (χ4v) is 0.203. The Morgan fingerprint density at radius 2 is 1.67 bits per heavy atom. The van der Waals surface area contributed by atoms with Gasteiger partial charge in [-0.25, -0.2) is 0 Å². The Morgan fingerprint density at radius 3 is 1.67 bits per heavy atom. The third-order valence-corrected chi connectivity index (χ3v) is 0.388. The third kappa shape index (κ3) is 11.4. The fraction of sp³-hybridized carbons (Fsp3) is 0.667. The van der Waals surface area contributed by atoms with E-state index in [4.69, 9.17) is 20.4 Å². The first-order chi connectivity index (χ1) is 3.42. The molecule has 0 spiro atoms. The van der Waals surface area contributed by atoms with Gasteiger partial charge in [-0.05, 0) is 0 Å². The summed E-state index contributed by atoms with van der Waals surface area (Å²) in [6, 6.07) is 0. The molecule has 6 heteroatoms. The molecular weight excluding hydrogens is 147 g/mol. The molecule has 9 heavy (non-hydrogen) atoms. The lowest BCUT2D eigenvalue weighted by molar-refractivity contribution is -0.311. The number of aliphatic carboxylic acids is 1. The molecule has 56 valence electrons. The van der Waals surface area contributed by atoms with E-state index in [1.54, 1.807) is 0 Å². The van der Waals surface area contributed by atoms with Crippen molar-refractivity contribution in [1.29, 1.82) is 0 Å². The fourth-order valence-electron chi connectivity index (χ4n) is 0.203. The molecule has 0 aliphatic heterocycles. The Hall–Kier alpha value is -0.220. The van der Waals surface area contributed by atoms with Crippen molar-refractivity contribution in [2.75, 3.05) is 0 Å². The minimum atomic E-state index is -3.08. The van der Waals surface area contributed by atoms with Crippen molar-refractivity contribution >= 4 is 15.9 Å². The Bertz CT molecular complexity index is 94.9. The van der Waals surface area contributed by atoms with Crippen molar-refractivity contribution < 1.29 is 25.2 Å². The lowest BCUT2D eigenvalue weighted by Crippen LogP contribution is -2.30. The molecule has 0 bridgehead atoms. The van der Waals surface area contributed by atoms with Crippen molar-refractivity contribution in [3.8, 4) is 0 Å². The number of rotatable bonds is 2. The molecule has 0 aliphatic carbocycles. The molecule has 0 radical (unpaired) electrons. The molecule has 0 aliphatic rings. The SMILES string of the molecule is O=C(O)CC(O)(O)O.P. The topological polar surface area (TPSA) is 98.0 Å². The first-order valence-electron chi connectivity index (χ1n) is 1.81. The van der Waals surface area contributed by atoms with Gasteiger partial charge in [0.05, 0.1) is 0 Å². The molecule has 0 saturated carbocycles. The quantitative estimate of drug-likeness (QED) is 0.278. The number of carboxylic acids is 1. The summed E-state index contributed by atoms with van der Waals surface area (Å²) in [5.41, 5.74) is 0. The average Bonchev–Trinajstić information content (AvgIpc) is 1.21. The molecule has 0 rings (SSSR count). The maximum atomic E-state index is 9.53. The van der Waals surface area contributed by atoms with Crippen LogP contribution in [0, 0.1) is 0 Å². The van der Waals surface area contributed by atoms with Crippen molar-refractivity contribution in [2.24, 2.45) is 0 Å². The van der Waals surface area contributed by atoms with Gasteiger partial charge in [0.2, 0.25) is 0 Å². The predicted octanol–water partition coefficient (Wildman–Crippen LogP) is -1.85. The molecule has 0 aromatic carbocycles. The minimum absolute atomic E-state index is 0. The highest BCUT2D eigenvalue weighted by atomic mass is 31.0. The van der Waals surface area contributed by atoms with Gasteiger partial charge in [0, 0.05) is 0 Å². The van der Waals surface area contributed by atoms with E-state index in [1.165, 1.54) is 0 Å². The van der Waals surface area contributed by atoms with Crippen LogP contribution in [0.4, 0.5) is 0 Å². The molecule has 4 N–H and O–H groups in total. The maximum absolute atomic E-state index is 9.53. The van der Waals surface area contributed by atoms with Gasteiger partial charge in [0.15, 0.2) is 0 Å². The van der Waals surface area contributed by atoms with Crippen LogP contribution >= 0.6 is 9.90 Å². The zero-order valence-corrected chi connectivity index (χ0v) is 6.03. The number of hydrogen-bond donors (Lipinski definition) is 4. The summed E-state index contributed by atoms with van der Waals surface area (Å²) in [6.07, 6.45) is -1.09. The van der Waals surface area contributed by atoms with Crippen LogP contribution in [-0.4, -0.2) is 32.4 Å². The Labute approximate surface area is 54.6 Å². The van der Waals surface area contributed by atoms with Crippen LogP contribution in [0.2, 0.25) is 0 Å². The second-order valence-corrected chi connectivity index (χ2v) is 1.34. The summed E-state index contributed by atoms with van der Waals surface area (Å²) in [6.45, 7) is 0. The van der Waals surface area contributed by atoms with Gasteiger partial charge in [0.25, 0.3) is 5.97 Å². The van der Waals surface area contributed by atoms with Gasteiger partial charge < -0.3 is 20.4 Å². The van der Waals surface area contributed by atoms with Crippen molar-refractivity contribution in [3.05, 3.63) is 0 Å². The number of hydrogen-bond acceptors (Lipinski definition) is 4. The molecule has 0 amide bonds. The van der Waals surface area contributed by atoms with E-state index in [2.05, 4.69) is 0 Å². The zero-order chi connectivity index (χ0) is 6.78. The molecule has 0 fully saturated rings. The largest absolute Gasteiger partial charge is 0.481 e. The van der Waals surface area contributed by atoms with Gasteiger partial charge in [-0.2, -0.15) is 9.90 Å². The van der Waals surface area contributed by atoms with Gasteiger partial charge in [0.1, 0.15) is 6.42 Å². The highest BCUT2D eigenvalue weighted by Gasteiger charge is 2.21. The van der Waals surface area contributed by atoms with E-state index in [9.17, 15) is 4.79 Å². The van der Waals surface area contributed by atoms with Crippen LogP contribution in [-0.2, 0) is 4.79 Å². The van der Waals surface area contributed by atoms with Crippen LogP contribution in [0.5, 0.6) is 0 Å². The van der Waals surface area contributed by atoms with Gasteiger partial charge in [-0.1, -0.05) is 0 Å². The summed E-state index contributed by atoms with van der Waals surface area (Å²) >= 11 is 0. The van der Waals surface area contributed by atoms with Gasteiger partial charge in [-0.15, -0.1) is 0 Å². The number of carboxylic acid groups (broad SMARTS) is 1. The second-order valence-electron chi connectivity index (χ2n) is 1.34. The lowest BCUT2D eigenvalue weighted by Gasteiger charge is -2.08. The summed E-state index contributed by atoms with van der Waals surface area (Å²) in [7, 11) is 0. The highest BCUT2D eigenvalue weighted by Crippen LogP contribution is 1.97. The summed E-state index contributed by atoms with van der Waals surface area (Å²) in [5, 5.41) is 31.5. The second kappa shape index (κ2) is 3.74. The molecule has 1 unspecified atom stereocenters. The van der Waals surface area contributed by atoms with E-state index in [0.717, 1.165) is 0 Å². The third-order valence-electron chi connectivity index (χ3n) is 0.388. The maximum Gasteiger partial charge on any atom is 0.311 e. The molecule has 0 heterocycles. The van der Waals surface area contributed by atoms with E-state index >= 15 is 0 Å². The van der Waals surface area contributed by atoms with Crippen molar-refractivity contribution in [2.45, 2.75) is 12.4 Å². The molecule has 0 aromatic rings. The number of carbonyl (C=O) groups is 1. The van der Waals surface area contributed by atoms with Crippen LogP contribution in [0.25, 0.3) is 0 Å². The number of aliphatic hydroxyl groups is 3. The first-order valence-corrected chi connectivity index (χ1v) is 1.81. The van der Waals surface area contributed by atoms with E-state index in [-0.39, 0.29) is 9.90 Å². The Morgan fingerprint density at radius 1 is 1.33 bits per heavy atom. The minimum Gasteiger partial charge on any atom is -0.481 e. The average molecular weight is 156 g/mol. The van der Waals surface area contributed by atoms with E-state index in [0.29, 0.717) is 0 Å².